The van der Waals surface area contributed by atoms with E-state index in [0.717, 1.165) is 44.8 Å². The van der Waals surface area contributed by atoms with Crippen LogP contribution in [0.15, 0.2) is 53.9 Å². The molecule has 4 nitrogen and oxygen atoms in total. The Morgan fingerprint density at radius 2 is 1.58 bits per heavy atom. The highest BCUT2D eigenvalue weighted by Gasteiger charge is 2.22. The van der Waals surface area contributed by atoms with Gasteiger partial charge in [-0.3, -0.25) is 14.6 Å². The van der Waals surface area contributed by atoms with Crippen LogP contribution in [0.25, 0.3) is 10.1 Å². The van der Waals surface area contributed by atoms with Crippen molar-refractivity contribution in [1.82, 2.24) is 9.80 Å². The molecule has 0 N–H and O–H groups in total. The zero-order chi connectivity index (χ0) is 21.0. The number of carbonyl (C=O) groups is 1. The van der Waals surface area contributed by atoms with Gasteiger partial charge in [-0.15, -0.1) is 11.3 Å². The second kappa shape index (κ2) is 9.51. The number of piperazine rings is 1. The maximum Gasteiger partial charge on any atom is 0.177 e. The monoisotopic (exact) mass is 433 g/mol. The predicted octanol–water partition coefficient (Wildman–Crippen LogP) is 4.89. The minimum atomic E-state index is 0.276. The summed E-state index contributed by atoms with van der Waals surface area (Å²) in [6.07, 6.45) is 3.66. The van der Waals surface area contributed by atoms with Gasteiger partial charge in [-0.05, 0) is 55.1 Å². The standard InChI is InChI=1S/C26H31N3OS/c30-25-20-28(19-21-7-2-3-8-22(21)25)13-5-1-4-12-27-14-16-29(17-15-27)24-9-6-10-26-23(24)11-18-31-26/h2-3,6-11,18H,1,4-5,12-17,19-20H2. The first kappa shape index (κ1) is 20.7. The van der Waals surface area contributed by atoms with E-state index in [2.05, 4.69) is 50.4 Å². The molecule has 162 valence electrons. The van der Waals surface area contributed by atoms with Crippen molar-refractivity contribution in [3.05, 3.63) is 65.0 Å². The van der Waals surface area contributed by atoms with Crippen LogP contribution in [0.3, 0.4) is 0 Å². The summed E-state index contributed by atoms with van der Waals surface area (Å²) < 4.78 is 1.39. The molecule has 0 saturated carbocycles. The summed E-state index contributed by atoms with van der Waals surface area (Å²) in [6.45, 7) is 8.25. The molecule has 3 heterocycles. The lowest BCUT2D eigenvalue weighted by Gasteiger charge is -2.36. The zero-order valence-electron chi connectivity index (χ0n) is 18.1. The molecular formula is C26H31N3OS. The van der Waals surface area contributed by atoms with Crippen molar-refractivity contribution in [2.75, 3.05) is 50.7 Å². The van der Waals surface area contributed by atoms with Crippen LogP contribution in [-0.4, -0.2) is 61.4 Å². The summed E-state index contributed by atoms with van der Waals surface area (Å²) in [4.78, 5) is 19.8. The predicted molar refractivity (Wildman–Crippen MR) is 130 cm³/mol. The minimum absolute atomic E-state index is 0.276. The number of ketones is 1. The average molecular weight is 434 g/mol. The number of benzene rings is 2. The second-order valence-corrected chi connectivity index (χ2v) is 9.74. The maximum atomic E-state index is 12.3. The molecule has 0 unspecified atom stereocenters. The van der Waals surface area contributed by atoms with Crippen LogP contribution in [0.5, 0.6) is 0 Å². The number of hydrogen-bond acceptors (Lipinski definition) is 5. The van der Waals surface area contributed by atoms with E-state index in [0.29, 0.717) is 6.54 Å². The molecule has 31 heavy (non-hydrogen) atoms. The molecule has 5 heteroatoms. The minimum Gasteiger partial charge on any atom is -0.368 e. The van der Waals surface area contributed by atoms with Crippen molar-refractivity contribution in [1.29, 1.82) is 0 Å². The Bertz CT molecular complexity index is 1040. The van der Waals surface area contributed by atoms with Gasteiger partial charge in [0.25, 0.3) is 0 Å². The first-order valence-electron chi connectivity index (χ1n) is 11.5. The first-order chi connectivity index (χ1) is 15.3. The van der Waals surface area contributed by atoms with E-state index >= 15 is 0 Å². The van der Waals surface area contributed by atoms with Crippen molar-refractivity contribution in [3.63, 3.8) is 0 Å². The third-order valence-corrected chi connectivity index (χ3v) is 7.60. The van der Waals surface area contributed by atoms with Gasteiger partial charge in [0, 0.05) is 54.1 Å². The third-order valence-electron chi connectivity index (χ3n) is 6.71. The molecule has 3 aromatic rings. The summed E-state index contributed by atoms with van der Waals surface area (Å²) in [5.74, 6) is 0.276. The van der Waals surface area contributed by atoms with Gasteiger partial charge in [0.05, 0.1) is 6.54 Å². The van der Waals surface area contributed by atoms with Crippen LogP contribution in [0.1, 0.15) is 35.2 Å². The quantitative estimate of drug-likeness (QED) is 0.496. The molecule has 0 aliphatic carbocycles. The fourth-order valence-electron chi connectivity index (χ4n) is 4.99. The molecule has 1 saturated heterocycles. The van der Waals surface area contributed by atoms with Crippen molar-refractivity contribution < 1.29 is 4.79 Å². The van der Waals surface area contributed by atoms with Crippen molar-refractivity contribution in [2.45, 2.75) is 25.8 Å². The van der Waals surface area contributed by atoms with E-state index in [1.807, 2.05) is 29.5 Å². The van der Waals surface area contributed by atoms with Crippen LogP contribution < -0.4 is 4.90 Å². The van der Waals surface area contributed by atoms with Gasteiger partial charge in [-0.1, -0.05) is 36.8 Å². The van der Waals surface area contributed by atoms with Crippen molar-refractivity contribution in [2.24, 2.45) is 0 Å². The molecule has 2 aliphatic rings. The van der Waals surface area contributed by atoms with Gasteiger partial charge in [-0.2, -0.15) is 0 Å². The van der Waals surface area contributed by atoms with Crippen LogP contribution >= 0.6 is 11.3 Å². The Morgan fingerprint density at radius 3 is 2.45 bits per heavy atom. The fourth-order valence-corrected chi connectivity index (χ4v) is 5.79. The van der Waals surface area contributed by atoms with E-state index in [-0.39, 0.29) is 5.78 Å². The number of hydrogen-bond donors (Lipinski definition) is 0. The number of thiophene rings is 1. The Morgan fingerprint density at radius 1 is 0.774 bits per heavy atom. The van der Waals surface area contributed by atoms with Crippen LogP contribution in [0, 0.1) is 0 Å². The fraction of sp³-hybridized carbons (Fsp3) is 0.423. The van der Waals surface area contributed by atoms with Crippen LogP contribution in [0.4, 0.5) is 5.69 Å². The number of fused-ring (bicyclic) bond motifs is 2. The molecule has 0 atom stereocenters. The summed E-state index contributed by atoms with van der Waals surface area (Å²) in [5.41, 5.74) is 3.51. The number of unbranched alkanes of at least 4 members (excludes halogenated alkanes) is 2. The third kappa shape index (κ3) is 4.69. The highest BCUT2D eigenvalue weighted by molar-refractivity contribution is 7.17. The molecule has 2 aliphatic heterocycles. The number of Topliss-reactive ketones (excluding diaryl/α,β-unsaturated/α-hetero) is 1. The lowest BCUT2D eigenvalue weighted by Crippen LogP contribution is -2.46. The Labute approximate surface area is 189 Å². The highest BCUT2D eigenvalue weighted by Crippen LogP contribution is 2.31. The Hall–Kier alpha value is -2.21. The van der Waals surface area contributed by atoms with Gasteiger partial charge < -0.3 is 4.90 Å². The molecule has 0 bridgehead atoms. The second-order valence-electron chi connectivity index (χ2n) is 8.79. The van der Waals surface area contributed by atoms with E-state index in [1.165, 1.54) is 47.1 Å². The average Bonchev–Trinajstić information content (AvgIpc) is 3.29. The van der Waals surface area contributed by atoms with E-state index in [1.54, 1.807) is 0 Å². The smallest absolute Gasteiger partial charge is 0.177 e. The van der Waals surface area contributed by atoms with Gasteiger partial charge in [0.2, 0.25) is 0 Å². The molecule has 1 fully saturated rings. The normalized spacial score (nSPS) is 17.9. The molecule has 2 aromatic carbocycles. The molecule has 0 spiro atoms. The van der Waals surface area contributed by atoms with Crippen LogP contribution in [-0.2, 0) is 6.54 Å². The van der Waals surface area contributed by atoms with Gasteiger partial charge >= 0.3 is 0 Å². The number of nitrogens with zero attached hydrogens (tertiary/aromatic N) is 3. The number of rotatable bonds is 7. The van der Waals surface area contributed by atoms with Crippen molar-refractivity contribution in [3.8, 4) is 0 Å². The summed E-state index contributed by atoms with van der Waals surface area (Å²) in [6, 6.07) is 17.0. The zero-order valence-corrected chi connectivity index (χ0v) is 18.9. The number of carbonyl (C=O) groups excluding carboxylic acids is 1. The molecule has 0 radical (unpaired) electrons. The Kier molecular flexibility index (Phi) is 6.35. The van der Waals surface area contributed by atoms with Gasteiger partial charge in [-0.25, -0.2) is 0 Å². The molecular weight excluding hydrogens is 402 g/mol. The highest BCUT2D eigenvalue weighted by atomic mass is 32.1. The largest absolute Gasteiger partial charge is 0.368 e. The van der Waals surface area contributed by atoms with Crippen molar-refractivity contribution >= 4 is 32.9 Å². The summed E-state index contributed by atoms with van der Waals surface area (Å²) in [7, 11) is 0. The van der Waals surface area contributed by atoms with E-state index in [4.69, 9.17) is 0 Å². The molecule has 5 rings (SSSR count). The topological polar surface area (TPSA) is 26.8 Å². The molecule has 0 amide bonds. The lowest BCUT2D eigenvalue weighted by atomic mass is 9.98. The summed E-state index contributed by atoms with van der Waals surface area (Å²) >= 11 is 1.83. The Balaban J connectivity index is 1.02. The maximum absolute atomic E-state index is 12.3. The van der Waals surface area contributed by atoms with Gasteiger partial charge in [0.15, 0.2) is 5.78 Å². The van der Waals surface area contributed by atoms with Gasteiger partial charge in [0.1, 0.15) is 0 Å². The molecule has 1 aromatic heterocycles. The summed E-state index contributed by atoms with van der Waals surface area (Å²) in [5, 5.41) is 3.60. The van der Waals surface area contributed by atoms with E-state index in [9.17, 15) is 4.79 Å². The first-order valence-corrected chi connectivity index (χ1v) is 12.4. The van der Waals surface area contributed by atoms with E-state index < -0.39 is 0 Å². The number of anilines is 1. The van der Waals surface area contributed by atoms with Crippen LogP contribution in [0.2, 0.25) is 0 Å². The SMILES string of the molecule is O=C1CN(CCCCCN2CCN(c3cccc4sccc34)CC2)Cc2ccccc21. The lowest BCUT2D eigenvalue weighted by molar-refractivity contribution is 0.0899.